The molecule has 0 saturated carbocycles. The summed E-state index contributed by atoms with van der Waals surface area (Å²) >= 11 is 0. The van der Waals surface area contributed by atoms with Crippen LogP contribution in [0.2, 0.25) is 0 Å². The SMILES string of the molecule is CC(C)C(CNC(=O)C1CCN(C(=O)c2ccco2)CC1)N1CCOCC1. The molecule has 0 bridgehead atoms. The van der Waals surface area contributed by atoms with Gasteiger partial charge in [-0.1, -0.05) is 13.8 Å². The van der Waals surface area contributed by atoms with E-state index in [0.29, 0.717) is 50.2 Å². The molecule has 1 aromatic heterocycles. The predicted octanol–water partition coefficient (Wildman–Crippen LogP) is 1.60. The molecule has 150 valence electrons. The van der Waals surface area contributed by atoms with Crippen LogP contribution in [0.4, 0.5) is 0 Å². The molecule has 2 amide bonds. The van der Waals surface area contributed by atoms with Gasteiger partial charge in [-0.15, -0.1) is 0 Å². The first kappa shape index (κ1) is 19.9. The third kappa shape index (κ3) is 5.11. The molecule has 27 heavy (non-hydrogen) atoms. The van der Waals surface area contributed by atoms with Gasteiger partial charge in [-0.3, -0.25) is 14.5 Å². The highest BCUT2D eigenvalue weighted by atomic mass is 16.5. The van der Waals surface area contributed by atoms with Crippen molar-refractivity contribution in [2.45, 2.75) is 32.7 Å². The van der Waals surface area contributed by atoms with Crippen LogP contribution >= 0.6 is 0 Å². The Kier molecular flexibility index (Phi) is 6.90. The summed E-state index contributed by atoms with van der Waals surface area (Å²) < 4.78 is 10.6. The molecular formula is C20H31N3O4. The van der Waals surface area contributed by atoms with Crippen LogP contribution < -0.4 is 5.32 Å². The van der Waals surface area contributed by atoms with E-state index in [4.69, 9.17) is 9.15 Å². The molecule has 7 heteroatoms. The Morgan fingerprint density at radius 2 is 1.89 bits per heavy atom. The molecular weight excluding hydrogens is 346 g/mol. The van der Waals surface area contributed by atoms with E-state index in [9.17, 15) is 9.59 Å². The molecule has 2 fully saturated rings. The van der Waals surface area contributed by atoms with Gasteiger partial charge in [0.2, 0.25) is 5.91 Å². The molecule has 1 aromatic rings. The fourth-order valence-electron chi connectivity index (χ4n) is 3.95. The summed E-state index contributed by atoms with van der Waals surface area (Å²) in [5.41, 5.74) is 0. The molecule has 3 rings (SSSR count). The first-order chi connectivity index (χ1) is 13.1. The van der Waals surface area contributed by atoms with Gasteiger partial charge in [0, 0.05) is 44.7 Å². The van der Waals surface area contributed by atoms with E-state index in [2.05, 4.69) is 24.1 Å². The molecule has 1 atom stereocenters. The largest absolute Gasteiger partial charge is 0.459 e. The first-order valence-corrected chi connectivity index (χ1v) is 9.98. The fraction of sp³-hybridized carbons (Fsp3) is 0.700. The maximum absolute atomic E-state index is 12.6. The van der Waals surface area contributed by atoms with Crippen LogP contribution in [0.1, 0.15) is 37.2 Å². The summed E-state index contributed by atoms with van der Waals surface area (Å²) in [6.45, 7) is 9.62. The van der Waals surface area contributed by atoms with Crippen LogP contribution in [0.25, 0.3) is 0 Å². The summed E-state index contributed by atoms with van der Waals surface area (Å²) in [6, 6.07) is 3.73. The minimum Gasteiger partial charge on any atom is -0.459 e. The number of likely N-dealkylation sites (tertiary alicyclic amines) is 1. The van der Waals surface area contributed by atoms with E-state index >= 15 is 0 Å². The van der Waals surface area contributed by atoms with Crippen LogP contribution in [-0.2, 0) is 9.53 Å². The smallest absolute Gasteiger partial charge is 0.289 e. The van der Waals surface area contributed by atoms with Gasteiger partial charge in [-0.2, -0.15) is 0 Å². The molecule has 2 aliphatic rings. The Hall–Kier alpha value is -1.86. The predicted molar refractivity (Wildman–Crippen MR) is 101 cm³/mol. The number of amides is 2. The maximum atomic E-state index is 12.6. The lowest BCUT2D eigenvalue weighted by Gasteiger charge is -2.37. The Morgan fingerprint density at radius 1 is 1.19 bits per heavy atom. The van der Waals surface area contributed by atoms with Gasteiger partial charge in [0.1, 0.15) is 0 Å². The first-order valence-electron chi connectivity index (χ1n) is 9.98. The summed E-state index contributed by atoms with van der Waals surface area (Å²) in [4.78, 5) is 29.1. The van der Waals surface area contributed by atoms with Crippen molar-refractivity contribution in [3.8, 4) is 0 Å². The van der Waals surface area contributed by atoms with Crippen molar-refractivity contribution >= 4 is 11.8 Å². The highest BCUT2D eigenvalue weighted by molar-refractivity contribution is 5.91. The number of morpholine rings is 1. The topological polar surface area (TPSA) is 75.0 Å². The lowest BCUT2D eigenvalue weighted by atomic mass is 9.95. The number of ether oxygens (including phenoxy) is 1. The fourth-order valence-corrected chi connectivity index (χ4v) is 3.95. The summed E-state index contributed by atoms with van der Waals surface area (Å²) in [7, 11) is 0. The quantitative estimate of drug-likeness (QED) is 0.815. The number of piperidine rings is 1. The number of carbonyl (C=O) groups excluding carboxylic acids is 2. The van der Waals surface area contributed by atoms with E-state index in [1.807, 2.05) is 0 Å². The lowest BCUT2D eigenvalue weighted by Crippen LogP contribution is -2.52. The van der Waals surface area contributed by atoms with Gasteiger partial charge in [0.15, 0.2) is 5.76 Å². The maximum Gasteiger partial charge on any atom is 0.289 e. The Morgan fingerprint density at radius 3 is 2.48 bits per heavy atom. The number of hydrogen-bond donors (Lipinski definition) is 1. The number of nitrogens with one attached hydrogen (secondary N) is 1. The summed E-state index contributed by atoms with van der Waals surface area (Å²) in [5.74, 6) is 0.826. The van der Waals surface area contributed by atoms with Gasteiger partial charge in [-0.25, -0.2) is 0 Å². The number of carbonyl (C=O) groups is 2. The van der Waals surface area contributed by atoms with Crippen LogP contribution in [0, 0.1) is 11.8 Å². The molecule has 1 N–H and O–H groups in total. The van der Waals surface area contributed by atoms with Crippen molar-refractivity contribution in [3.63, 3.8) is 0 Å². The van der Waals surface area contributed by atoms with Crippen molar-refractivity contribution < 1.29 is 18.7 Å². The van der Waals surface area contributed by atoms with E-state index in [1.54, 1.807) is 17.0 Å². The molecule has 7 nitrogen and oxygen atoms in total. The van der Waals surface area contributed by atoms with Crippen molar-refractivity contribution in [1.29, 1.82) is 0 Å². The summed E-state index contributed by atoms with van der Waals surface area (Å²) in [6.07, 6.45) is 2.90. The van der Waals surface area contributed by atoms with E-state index in [1.165, 1.54) is 6.26 Å². The number of furan rings is 1. The van der Waals surface area contributed by atoms with E-state index in [-0.39, 0.29) is 17.7 Å². The highest BCUT2D eigenvalue weighted by Crippen LogP contribution is 2.20. The van der Waals surface area contributed by atoms with Crippen LogP contribution in [0.15, 0.2) is 22.8 Å². The zero-order valence-corrected chi connectivity index (χ0v) is 16.4. The standard InChI is InChI=1S/C20H31N3O4/c1-15(2)17(22-9-12-26-13-10-22)14-21-19(24)16-5-7-23(8-6-16)20(25)18-4-3-11-27-18/h3-4,11,15-17H,5-10,12-14H2,1-2H3,(H,21,24). The second kappa shape index (κ2) is 9.37. The van der Waals surface area contributed by atoms with Gasteiger partial charge in [0.05, 0.1) is 19.5 Å². The monoisotopic (exact) mass is 377 g/mol. The van der Waals surface area contributed by atoms with E-state index in [0.717, 1.165) is 26.3 Å². The van der Waals surface area contributed by atoms with Crippen molar-refractivity contribution in [2.75, 3.05) is 45.9 Å². The highest BCUT2D eigenvalue weighted by Gasteiger charge is 2.30. The van der Waals surface area contributed by atoms with Crippen molar-refractivity contribution in [2.24, 2.45) is 11.8 Å². The molecule has 1 unspecified atom stereocenters. The van der Waals surface area contributed by atoms with Gasteiger partial charge in [0.25, 0.3) is 5.91 Å². The molecule has 3 heterocycles. The molecule has 0 aliphatic carbocycles. The van der Waals surface area contributed by atoms with Gasteiger partial charge >= 0.3 is 0 Å². The molecule has 0 spiro atoms. The average molecular weight is 377 g/mol. The number of rotatable bonds is 6. The van der Waals surface area contributed by atoms with E-state index < -0.39 is 0 Å². The Labute approximate surface area is 161 Å². The molecule has 2 aliphatic heterocycles. The molecule has 2 saturated heterocycles. The Balaban J connectivity index is 1.45. The molecule has 0 radical (unpaired) electrons. The van der Waals surface area contributed by atoms with Crippen LogP contribution in [0.3, 0.4) is 0 Å². The second-order valence-electron chi connectivity index (χ2n) is 7.75. The lowest BCUT2D eigenvalue weighted by molar-refractivity contribution is -0.126. The van der Waals surface area contributed by atoms with Crippen LogP contribution in [0.5, 0.6) is 0 Å². The molecule has 0 aromatic carbocycles. The third-order valence-electron chi connectivity index (χ3n) is 5.65. The van der Waals surface area contributed by atoms with Gasteiger partial charge < -0.3 is 19.4 Å². The van der Waals surface area contributed by atoms with Crippen molar-refractivity contribution in [1.82, 2.24) is 15.1 Å². The number of nitrogens with zero attached hydrogens (tertiary/aromatic N) is 2. The third-order valence-corrected chi connectivity index (χ3v) is 5.65. The summed E-state index contributed by atoms with van der Waals surface area (Å²) in [5, 5.41) is 3.16. The minimum absolute atomic E-state index is 0.0249. The van der Waals surface area contributed by atoms with Gasteiger partial charge in [-0.05, 0) is 30.9 Å². The average Bonchev–Trinajstić information content (AvgIpc) is 3.23. The minimum atomic E-state index is -0.0916. The second-order valence-corrected chi connectivity index (χ2v) is 7.75. The normalized spacial score (nSPS) is 20.6. The Bertz CT molecular complexity index is 603. The van der Waals surface area contributed by atoms with Crippen molar-refractivity contribution in [3.05, 3.63) is 24.2 Å². The zero-order valence-electron chi connectivity index (χ0n) is 16.4. The van der Waals surface area contributed by atoms with Crippen LogP contribution in [-0.4, -0.2) is 73.6 Å². The number of hydrogen-bond acceptors (Lipinski definition) is 5. The zero-order chi connectivity index (χ0) is 19.2.